The zero-order valence-electron chi connectivity index (χ0n) is 10.5. The molecule has 0 saturated carbocycles. The van der Waals surface area contributed by atoms with Gasteiger partial charge in [0, 0.05) is 0 Å². The number of rotatable bonds is 3. The Bertz CT molecular complexity index is 406. The maximum absolute atomic E-state index is 9.79. The Morgan fingerprint density at radius 3 is 2.32 bits per heavy atom. The fourth-order valence-corrected chi connectivity index (χ4v) is 1.99. The SMILES string of the molecule is CC1OC(COc2ccc(O)cc2)C(O)C(O)C1O. The first kappa shape index (κ1) is 14.1. The summed E-state index contributed by atoms with van der Waals surface area (Å²) in [7, 11) is 0. The van der Waals surface area contributed by atoms with Gasteiger partial charge >= 0.3 is 0 Å². The lowest BCUT2D eigenvalue weighted by Gasteiger charge is -2.39. The van der Waals surface area contributed by atoms with Crippen LogP contribution in [-0.4, -0.2) is 57.6 Å². The maximum atomic E-state index is 9.79. The van der Waals surface area contributed by atoms with Gasteiger partial charge in [0.25, 0.3) is 0 Å². The molecular weight excluding hydrogens is 252 g/mol. The summed E-state index contributed by atoms with van der Waals surface area (Å²) in [6.45, 7) is 1.66. The van der Waals surface area contributed by atoms with E-state index in [0.717, 1.165) is 0 Å². The van der Waals surface area contributed by atoms with Gasteiger partial charge < -0.3 is 29.9 Å². The van der Waals surface area contributed by atoms with E-state index in [9.17, 15) is 15.3 Å². The van der Waals surface area contributed by atoms with Crippen molar-refractivity contribution in [1.82, 2.24) is 0 Å². The van der Waals surface area contributed by atoms with E-state index in [0.29, 0.717) is 5.75 Å². The third-order valence-corrected chi connectivity index (χ3v) is 3.20. The molecule has 6 nitrogen and oxygen atoms in total. The van der Waals surface area contributed by atoms with Crippen molar-refractivity contribution in [2.24, 2.45) is 0 Å². The first-order valence-electron chi connectivity index (χ1n) is 6.10. The average molecular weight is 270 g/mol. The van der Waals surface area contributed by atoms with Crippen LogP contribution in [0.1, 0.15) is 6.92 Å². The molecule has 1 aliphatic heterocycles. The molecule has 0 spiro atoms. The molecular formula is C13H18O6. The van der Waals surface area contributed by atoms with Crippen LogP contribution in [-0.2, 0) is 4.74 Å². The van der Waals surface area contributed by atoms with Crippen LogP contribution in [0.25, 0.3) is 0 Å². The highest BCUT2D eigenvalue weighted by molar-refractivity contribution is 5.30. The standard InChI is InChI=1S/C13H18O6/c1-7-11(15)13(17)12(16)10(19-7)6-18-9-4-2-8(14)3-5-9/h2-5,7,10-17H,6H2,1H3. The Balaban J connectivity index is 1.93. The largest absolute Gasteiger partial charge is 0.508 e. The molecule has 1 fully saturated rings. The van der Waals surface area contributed by atoms with Crippen LogP contribution in [0.5, 0.6) is 11.5 Å². The molecule has 4 N–H and O–H groups in total. The van der Waals surface area contributed by atoms with E-state index in [-0.39, 0.29) is 12.4 Å². The molecule has 6 heteroatoms. The fourth-order valence-electron chi connectivity index (χ4n) is 1.99. The minimum Gasteiger partial charge on any atom is -0.508 e. The summed E-state index contributed by atoms with van der Waals surface area (Å²) in [6.07, 6.45) is -4.87. The molecule has 2 rings (SSSR count). The summed E-state index contributed by atoms with van der Waals surface area (Å²) in [5.74, 6) is 0.648. The predicted molar refractivity (Wildman–Crippen MR) is 66.0 cm³/mol. The average Bonchev–Trinajstić information content (AvgIpc) is 2.41. The summed E-state index contributed by atoms with van der Waals surface area (Å²) in [6, 6.07) is 6.13. The Morgan fingerprint density at radius 1 is 1.05 bits per heavy atom. The number of phenols is 1. The molecule has 106 valence electrons. The highest BCUT2D eigenvalue weighted by atomic mass is 16.6. The first-order chi connectivity index (χ1) is 8.99. The number of ether oxygens (including phenoxy) is 2. The topological polar surface area (TPSA) is 99.4 Å². The van der Waals surface area contributed by atoms with E-state index in [4.69, 9.17) is 14.6 Å². The summed E-state index contributed by atoms with van der Waals surface area (Å²) in [5.41, 5.74) is 0. The van der Waals surface area contributed by atoms with Crippen molar-refractivity contribution in [3.63, 3.8) is 0 Å². The Morgan fingerprint density at radius 2 is 1.68 bits per heavy atom. The van der Waals surface area contributed by atoms with Crippen LogP contribution in [0.3, 0.4) is 0 Å². The predicted octanol–water partition coefficient (Wildman–Crippen LogP) is -0.359. The number of aromatic hydroxyl groups is 1. The van der Waals surface area contributed by atoms with Crippen molar-refractivity contribution in [1.29, 1.82) is 0 Å². The fraction of sp³-hybridized carbons (Fsp3) is 0.538. The van der Waals surface area contributed by atoms with Crippen LogP contribution in [0.2, 0.25) is 0 Å². The van der Waals surface area contributed by atoms with Gasteiger partial charge in [-0.3, -0.25) is 0 Å². The lowest BCUT2D eigenvalue weighted by molar-refractivity contribution is -0.222. The minimum absolute atomic E-state index is 0.0417. The highest BCUT2D eigenvalue weighted by Crippen LogP contribution is 2.22. The van der Waals surface area contributed by atoms with Gasteiger partial charge in [0.1, 0.15) is 42.5 Å². The second-order valence-corrected chi connectivity index (χ2v) is 4.66. The number of aliphatic hydroxyl groups excluding tert-OH is 3. The molecule has 1 heterocycles. The molecule has 0 radical (unpaired) electrons. The van der Waals surface area contributed by atoms with Crippen molar-refractivity contribution in [3.8, 4) is 11.5 Å². The van der Waals surface area contributed by atoms with Crippen molar-refractivity contribution < 1.29 is 29.9 Å². The Kier molecular flexibility index (Phi) is 4.26. The third kappa shape index (κ3) is 3.16. The van der Waals surface area contributed by atoms with E-state index >= 15 is 0 Å². The molecule has 0 aromatic heterocycles. The van der Waals surface area contributed by atoms with Crippen LogP contribution < -0.4 is 4.74 Å². The van der Waals surface area contributed by atoms with E-state index in [1.807, 2.05) is 0 Å². The van der Waals surface area contributed by atoms with Gasteiger partial charge in [-0.1, -0.05) is 0 Å². The van der Waals surface area contributed by atoms with Crippen LogP contribution in [0.4, 0.5) is 0 Å². The zero-order chi connectivity index (χ0) is 14.0. The summed E-state index contributed by atoms with van der Waals surface area (Å²) in [5, 5.41) is 38.1. The van der Waals surface area contributed by atoms with Gasteiger partial charge in [0.15, 0.2) is 0 Å². The second-order valence-electron chi connectivity index (χ2n) is 4.66. The Hall–Kier alpha value is -1.34. The molecule has 1 aliphatic rings. The van der Waals surface area contributed by atoms with Gasteiger partial charge in [0.2, 0.25) is 0 Å². The summed E-state index contributed by atoms with van der Waals surface area (Å²) in [4.78, 5) is 0. The zero-order valence-corrected chi connectivity index (χ0v) is 10.5. The number of benzene rings is 1. The lowest BCUT2D eigenvalue weighted by Crippen LogP contribution is -2.58. The molecule has 0 amide bonds. The highest BCUT2D eigenvalue weighted by Gasteiger charge is 2.41. The van der Waals surface area contributed by atoms with Gasteiger partial charge in [-0.25, -0.2) is 0 Å². The molecule has 5 unspecified atom stereocenters. The molecule has 5 atom stereocenters. The number of aliphatic hydroxyl groups is 3. The van der Waals surface area contributed by atoms with Crippen molar-refractivity contribution in [2.45, 2.75) is 37.4 Å². The van der Waals surface area contributed by atoms with Gasteiger partial charge in [-0.15, -0.1) is 0 Å². The lowest BCUT2D eigenvalue weighted by atomic mass is 9.96. The van der Waals surface area contributed by atoms with Crippen LogP contribution >= 0.6 is 0 Å². The number of hydrogen-bond donors (Lipinski definition) is 4. The van der Waals surface area contributed by atoms with Gasteiger partial charge in [-0.05, 0) is 31.2 Å². The number of hydrogen-bond acceptors (Lipinski definition) is 6. The molecule has 1 aromatic carbocycles. The Labute approximate surface area is 110 Å². The second kappa shape index (κ2) is 5.75. The van der Waals surface area contributed by atoms with Crippen molar-refractivity contribution >= 4 is 0 Å². The van der Waals surface area contributed by atoms with Crippen molar-refractivity contribution in [3.05, 3.63) is 24.3 Å². The van der Waals surface area contributed by atoms with Crippen LogP contribution in [0.15, 0.2) is 24.3 Å². The quantitative estimate of drug-likeness (QED) is 0.598. The molecule has 0 aliphatic carbocycles. The van der Waals surface area contributed by atoms with Crippen LogP contribution in [0, 0.1) is 0 Å². The van der Waals surface area contributed by atoms with E-state index in [1.165, 1.54) is 12.1 Å². The van der Waals surface area contributed by atoms with Gasteiger partial charge in [-0.2, -0.15) is 0 Å². The maximum Gasteiger partial charge on any atom is 0.120 e. The molecule has 1 aromatic rings. The molecule has 0 bridgehead atoms. The summed E-state index contributed by atoms with van der Waals surface area (Å²) < 4.78 is 10.8. The van der Waals surface area contributed by atoms with E-state index in [1.54, 1.807) is 19.1 Å². The van der Waals surface area contributed by atoms with E-state index < -0.39 is 30.5 Å². The summed E-state index contributed by atoms with van der Waals surface area (Å²) >= 11 is 0. The smallest absolute Gasteiger partial charge is 0.120 e. The van der Waals surface area contributed by atoms with Gasteiger partial charge in [0.05, 0.1) is 6.10 Å². The number of phenolic OH excluding ortho intramolecular Hbond substituents is 1. The first-order valence-corrected chi connectivity index (χ1v) is 6.10. The van der Waals surface area contributed by atoms with Crippen molar-refractivity contribution in [2.75, 3.05) is 6.61 Å². The molecule has 19 heavy (non-hydrogen) atoms. The van der Waals surface area contributed by atoms with E-state index in [2.05, 4.69) is 0 Å². The minimum atomic E-state index is -1.25. The normalized spacial score (nSPS) is 35.1. The third-order valence-electron chi connectivity index (χ3n) is 3.20. The monoisotopic (exact) mass is 270 g/mol. The molecule has 1 saturated heterocycles.